The maximum Gasteiger partial charge on any atom is 1.00 e. The van der Waals surface area contributed by atoms with Crippen LogP contribution in [0.1, 0.15) is 80.4 Å². The third kappa shape index (κ3) is 10.5. The van der Waals surface area contributed by atoms with Gasteiger partial charge in [-0.15, -0.1) is 0 Å². The summed E-state index contributed by atoms with van der Waals surface area (Å²) in [6, 6.07) is 13.3. The van der Waals surface area contributed by atoms with Crippen LogP contribution in [0.2, 0.25) is 0 Å². The van der Waals surface area contributed by atoms with Gasteiger partial charge in [0.1, 0.15) is 11.5 Å². The number of hydrogen-bond donors (Lipinski definition) is 0. The van der Waals surface area contributed by atoms with Crippen molar-refractivity contribution >= 4 is 27.8 Å². The quantitative estimate of drug-likeness (QED) is 0.439. The molecule has 0 atom stereocenters. The predicted octanol–water partition coefficient (Wildman–Crippen LogP) is 1.91. The summed E-state index contributed by atoms with van der Waals surface area (Å²) >= 11 is 0. The van der Waals surface area contributed by atoms with Crippen molar-refractivity contribution in [2.45, 2.75) is 85.0 Å². The van der Waals surface area contributed by atoms with Crippen LogP contribution in [0.25, 0.3) is 0 Å². The minimum atomic E-state index is -0.0598. The molecule has 0 saturated heterocycles. The summed E-state index contributed by atoms with van der Waals surface area (Å²) < 4.78 is 11.5. The average molecular weight is 537 g/mol. The SMILES string of the molecule is CC(C)(C)[P-]c1cccc2c1Oc1c([P-]C(C)(C)C)cccc1C2(C)C.CCOCC.[K+].[K+]. The summed E-state index contributed by atoms with van der Waals surface area (Å²) in [6.45, 7) is 24.0. The van der Waals surface area contributed by atoms with Gasteiger partial charge in [0, 0.05) is 29.8 Å². The van der Waals surface area contributed by atoms with Crippen LogP contribution in [-0.2, 0) is 10.2 Å². The number of hydrogen-bond acceptors (Lipinski definition) is 2. The molecule has 0 bridgehead atoms. The number of fused-ring (bicyclic) bond motifs is 2. The van der Waals surface area contributed by atoms with Gasteiger partial charge in [0.2, 0.25) is 0 Å². The summed E-state index contributed by atoms with van der Waals surface area (Å²) in [5.74, 6) is 2.14. The number of rotatable bonds is 4. The summed E-state index contributed by atoms with van der Waals surface area (Å²) in [6.07, 6.45) is 0. The zero-order valence-electron chi connectivity index (χ0n) is 23.1. The van der Waals surface area contributed by atoms with E-state index in [1.54, 1.807) is 0 Å². The zero-order valence-corrected chi connectivity index (χ0v) is 31.1. The molecule has 6 heteroatoms. The maximum absolute atomic E-state index is 6.65. The largest absolute Gasteiger partial charge is 1.00 e. The standard InChI is InChI=1S/C23H30OP2.C4H10O.2K/c1-21(2,3)25-17-13-9-11-15-19(17)24-20-16(23(15,7)8)12-10-14-18(20)26-22(4,5)6;1-3-5-4-2;;/h9-14H,1-8H3;3-4H2,1-2H3;;/q-2;;2*+1. The molecule has 0 aromatic heterocycles. The van der Waals surface area contributed by atoms with Gasteiger partial charge >= 0.3 is 103 Å². The van der Waals surface area contributed by atoms with Gasteiger partial charge in [-0.2, -0.15) is 20.9 Å². The molecule has 33 heavy (non-hydrogen) atoms. The minimum absolute atomic E-state index is 0. The van der Waals surface area contributed by atoms with Crippen molar-refractivity contribution in [1.29, 1.82) is 0 Å². The number of benzene rings is 2. The molecule has 1 heterocycles. The summed E-state index contributed by atoms with van der Waals surface area (Å²) in [5.41, 5.74) is 2.53. The fraction of sp³-hybridized carbons (Fsp3) is 0.556. The number of para-hydroxylation sites is 2. The molecule has 0 spiro atoms. The molecule has 0 saturated carbocycles. The molecule has 0 N–H and O–H groups in total. The Balaban J connectivity index is 0.00000133. The Hall–Kier alpha value is 2.33. The van der Waals surface area contributed by atoms with Crippen LogP contribution in [0.15, 0.2) is 36.4 Å². The van der Waals surface area contributed by atoms with E-state index in [-0.39, 0.29) is 118 Å². The Labute approximate surface area is 292 Å². The molecular formula is C27H40K2O2P2. The van der Waals surface area contributed by atoms with E-state index in [1.165, 1.54) is 38.9 Å². The smallest absolute Gasteiger partial charge is 0.496 e. The van der Waals surface area contributed by atoms with E-state index in [0.717, 1.165) is 24.7 Å². The van der Waals surface area contributed by atoms with Crippen molar-refractivity contribution in [1.82, 2.24) is 0 Å². The van der Waals surface area contributed by atoms with Gasteiger partial charge < -0.3 is 26.6 Å². The van der Waals surface area contributed by atoms with Crippen molar-refractivity contribution in [2.24, 2.45) is 0 Å². The van der Waals surface area contributed by atoms with Gasteiger partial charge in [0.25, 0.3) is 0 Å². The zero-order chi connectivity index (χ0) is 23.4. The Morgan fingerprint density at radius 2 is 1.09 bits per heavy atom. The minimum Gasteiger partial charge on any atom is -0.496 e. The molecule has 0 unspecified atom stereocenters. The van der Waals surface area contributed by atoms with E-state index in [0.29, 0.717) is 0 Å². The third-order valence-corrected chi connectivity index (χ3v) is 7.39. The molecule has 172 valence electrons. The predicted molar refractivity (Wildman–Crippen MR) is 140 cm³/mol. The Morgan fingerprint density at radius 1 is 0.727 bits per heavy atom. The van der Waals surface area contributed by atoms with Crippen molar-refractivity contribution in [3.05, 3.63) is 47.5 Å². The fourth-order valence-electron chi connectivity index (χ4n) is 3.60. The summed E-state index contributed by atoms with van der Waals surface area (Å²) in [5, 5.41) is 2.98. The first kappa shape index (κ1) is 35.3. The summed E-state index contributed by atoms with van der Waals surface area (Å²) in [4.78, 5) is 0. The monoisotopic (exact) mass is 536 g/mol. The van der Waals surface area contributed by atoms with Crippen LogP contribution in [0.5, 0.6) is 11.5 Å². The first-order valence-corrected chi connectivity index (χ1v) is 13.1. The second-order valence-electron chi connectivity index (χ2n) is 10.4. The first-order chi connectivity index (χ1) is 14.3. The van der Waals surface area contributed by atoms with Gasteiger partial charge in [-0.05, 0) is 13.8 Å². The van der Waals surface area contributed by atoms with Gasteiger partial charge in [0.05, 0.1) is 0 Å². The molecule has 3 rings (SSSR count). The van der Waals surface area contributed by atoms with Crippen LogP contribution in [-0.4, -0.2) is 23.5 Å². The van der Waals surface area contributed by atoms with Crippen LogP contribution in [0, 0.1) is 0 Å². The van der Waals surface area contributed by atoms with Crippen molar-refractivity contribution in [3.8, 4) is 11.5 Å². The topological polar surface area (TPSA) is 18.5 Å². The number of ether oxygens (including phenoxy) is 2. The van der Waals surface area contributed by atoms with E-state index in [2.05, 4.69) is 91.8 Å². The molecule has 0 aliphatic carbocycles. The molecule has 0 amide bonds. The normalized spacial score (nSPS) is 14.5. The second kappa shape index (κ2) is 15.1. The Bertz CT molecular complexity index is 815. The Kier molecular flexibility index (Phi) is 16.1. The van der Waals surface area contributed by atoms with Crippen LogP contribution in [0.3, 0.4) is 0 Å². The van der Waals surface area contributed by atoms with Crippen LogP contribution in [0.4, 0.5) is 0 Å². The molecular weight excluding hydrogens is 496 g/mol. The van der Waals surface area contributed by atoms with Gasteiger partial charge in [0.15, 0.2) is 0 Å². The average Bonchev–Trinajstić information content (AvgIpc) is 2.62. The molecule has 0 radical (unpaired) electrons. The van der Waals surface area contributed by atoms with Crippen molar-refractivity contribution < 1.29 is 112 Å². The van der Waals surface area contributed by atoms with E-state index in [4.69, 9.17) is 9.47 Å². The fourth-order valence-corrected chi connectivity index (χ4v) is 5.90. The van der Waals surface area contributed by atoms with Gasteiger partial charge in [-0.1, -0.05) is 91.8 Å². The molecule has 2 aromatic rings. The molecule has 1 aliphatic rings. The summed E-state index contributed by atoms with van der Waals surface area (Å²) in [7, 11) is 2.61. The molecule has 1 aliphatic heterocycles. The van der Waals surface area contributed by atoms with Crippen LogP contribution < -0.4 is 118 Å². The van der Waals surface area contributed by atoms with Crippen molar-refractivity contribution in [3.63, 3.8) is 0 Å². The van der Waals surface area contributed by atoms with E-state index in [1.807, 2.05) is 13.8 Å². The van der Waals surface area contributed by atoms with E-state index >= 15 is 0 Å². The molecule has 0 fully saturated rings. The third-order valence-electron chi connectivity index (χ3n) is 4.86. The molecule has 2 aromatic carbocycles. The van der Waals surface area contributed by atoms with Gasteiger partial charge in [-0.3, -0.25) is 0 Å². The maximum atomic E-state index is 6.65. The Morgan fingerprint density at radius 3 is 1.36 bits per heavy atom. The van der Waals surface area contributed by atoms with Gasteiger partial charge in [-0.25, -0.2) is 0 Å². The van der Waals surface area contributed by atoms with Crippen molar-refractivity contribution in [2.75, 3.05) is 13.2 Å². The first-order valence-electron chi connectivity index (χ1n) is 11.3. The van der Waals surface area contributed by atoms with E-state index in [9.17, 15) is 0 Å². The van der Waals surface area contributed by atoms with Crippen LogP contribution >= 0.6 is 17.2 Å². The molecule has 2 nitrogen and oxygen atoms in total. The van der Waals surface area contributed by atoms with E-state index < -0.39 is 0 Å². The second-order valence-corrected chi connectivity index (χ2v) is 14.5.